The first-order valence-corrected chi connectivity index (χ1v) is 5.45. The Kier molecular flexibility index (Phi) is 5.75. The molecule has 0 aliphatic heterocycles. The lowest BCUT2D eigenvalue weighted by molar-refractivity contribution is 0.356. The van der Waals surface area contributed by atoms with Gasteiger partial charge < -0.3 is 14.8 Å². The van der Waals surface area contributed by atoms with E-state index in [0.29, 0.717) is 6.61 Å². The summed E-state index contributed by atoms with van der Waals surface area (Å²) in [5.74, 6) is 1.66. The second-order valence-electron chi connectivity index (χ2n) is 3.18. The second-order valence-corrected chi connectivity index (χ2v) is 3.43. The van der Waals surface area contributed by atoms with Gasteiger partial charge in [-0.3, -0.25) is 0 Å². The normalized spacial score (nSPS) is 10.7. The zero-order chi connectivity index (χ0) is 11.8. The lowest BCUT2D eigenvalue weighted by atomic mass is 10.2. The first-order valence-electron chi connectivity index (χ1n) is 5.01. The minimum atomic E-state index is 0.465. The van der Waals surface area contributed by atoms with Gasteiger partial charge in [-0.05, 0) is 31.3 Å². The molecule has 1 N–H and O–H groups in total. The zero-order valence-electron chi connectivity index (χ0n) is 9.50. The van der Waals surface area contributed by atoms with Crippen LogP contribution in [0.3, 0.4) is 0 Å². The Hall–Kier alpha value is -1.19. The number of rotatable bonds is 6. The third-order valence-electron chi connectivity index (χ3n) is 2.06. The highest BCUT2D eigenvalue weighted by molar-refractivity contribution is 6.25. The summed E-state index contributed by atoms with van der Waals surface area (Å²) in [5.41, 5.74) is 2.51. The fraction of sp³-hybridized carbons (Fsp3) is 0.333. The SMILES string of the molecule is CNCc1cc(OC)ccc1OC/C=C/Cl. The van der Waals surface area contributed by atoms with Crippen molar-refractivity contribution in [3.8, 4) is 11.5 Å². The maximum atomic E-state index is 5.56. The Labute approximate surface area is 101 Å². The molecule has 0 saturated carbocycles. The number of ether oxygens (including phenoxy) is 2. The minimum Gasteiger partial charge on any atom is -0.497 e. The number of halogens is 1. The van der Waals surface area contributed by atoms with Gasteiger partial charge in [-0.25, -0.2) is 0 Å². The Bertz CT molecular complexity index is 353. The summed E-state index contributed by atoms with van der Waals surface area (Å²) in [7, 11) is 3.54. The molecule has 0 saturated heterocycles. The van der Waals surface area contributed by atoms with E-state index in [-0.39, 0.29) is 0 Å². The van der Waals surface area contributed by atoms with Crippen molar-refractivity contribution in [3.05, 3.63) is 35.4 Å². The predicted octanol–water partition coefficient (Wildman–Crippen LogP) is 2.55. The van der Waals surface area contributed by atoms with Gasteiger partial charge in [-0.15, -0.1) is 0 Å². The van der Waals surface area contributed by atoms with Crippen molar-refractivity contribution in [2.24, 2.45) is 0 Å². The third-order valence-corrected chi connectivity index (χ3v) is 2.24. The largest absolute Gasteiger partial charge is 0.497 e. The van der Waals surface area contributed by atoms with E-state index in [1.54, 1.807) is 13.2 Å². The molecule has 4 heteroatoms. The summed E-state index contributed by atoms with van der Waals surface area (Å²) < 4.78 is 10.7. The minimum absolute atomic E-state index is 0.465. The number of hydrogen-bond acceptors (Lipinski definition) is 3. The van der Waals surface area contributed by atoms with Gasteiger partial charge in [0, 0.05) is 17.6 Å². The van der Waals surface area contributed by atoms with Crippen molar-refractivity contribution < 1.29 is 9.47 Å². The van der Waals surface area contributed by atoms with Gasteiger partial charge in [0.15, 0.2) is 0 Å². The average molecular weight is 242 g/mol. The molecule has 0 unspecified atom stereocenters. The monoisotopic (exact) mass is 241 g/mol. The van der Waals surface area contributed by atoms with Gasteiger partial charge in [0.25, 0.3) is 0 Å². The fourth-order valence-electron chi connectivity index (χ4n) is 1.33. The van der Waals surface area contributed by atoms with Crippen LogP contribution >= 0.6 is 11.6 Å². The molecule has 88 valence electrons. The van der Waals surface area contributed by atoms with E-state index in [9.17, 15) is 0 Å². The van der Waals surface area contributed by atoms with Gasteiger partial charge in [0.05, 0.1) is 7.11 Å². The van der Waals surface area contributed by atoms with Crippen LogP contribution in [0.25, 0.3) is 0 Å². The van der Waals surface area contributed by atoms with Crippen molar-refractivity contribution >= 4 is 11.6 Å². The van der Waals surface area contributed by atoms with Gasteiger partial charge in [0.2, 0.25) is 0 Å². The van der Waals surface area contributed by atoms with E-state index in [1.807, 2.05) is 25.2 Å². The predicted molar refractivity (Wildman–Crippen MR) is 66.2 cm³/mol. The first-order chi connectivity index (χ1) is 7.81. The Morgan fingerprint density at radius 1 is 1.44 bits per heavy atom. The molecule has 3 nitrogen and oxygen atoms in total. The summed E-state index contributed by atoms with van der Waals surface area (Å²) in [6.45, 7) is 1.20. The molecule has 1 aromatic rings. The van der Waals surface area contributed by atoms with Crippen LogP contribution < -0.4 is 14.8 Å². The maximum Gasteiger partial charge on any atom is 0.124 e. The summed E-state index contributed by atoms with van der Waals surface area (Å²) in [5, 5.41) is 3.09. The van der Waals surface area contributed by atoms with Crippen LogP contribution in [0, 0.1) is 0 Å². The molecule has 0 radical (unpaired) electrons. The first kappa shape index (κ1) is 12.9. The Morgan fingerprint density at radius 2 is 2.25 bits per heavy atom. The number of hydrogen-bond donors (Lipinski definition) is 1. The maximum absolute atomic E-state index is 5.56. The summed E-state index contributed by atoms with van der Waals surface area (Å²) >= 11 is 5.42. The zero-order valence-corrected chi connectivity index (χ0v) is 10.3. The van der Waals surface area contributed by atoms with E-state index in [0.717, 1.165) is 23.6 Å². The summed E-state index contributed by atoms with van der Waals surface area (Å²) in [4.78, 5) is 0. The van der Waals surface area contributed by atoms with Gasteiger partial charge in [-0.1, -0.05) is 11.6 Å². The second kappa shape index (κ2) is 7.14. The van der Waals surface area contributed by atoms with E-state index < -0.39 is 0 Å². The lowest BCUT2D eigenvalue weighted by Gasteiger charge is -2.11. The van der Waals surface area contributed by atoms with Crippen LogP contribution in [0.2, 0.25) is 0 Å². The molecule has 0 aromatic heterocycles. The molecule has 0 atom stereocenters. The fourth-order valence-corrected chi connectivity index (χ4v) is 1.40. The molecule has 0 amide bonds. The van der Waals surface area contributed by atoms with Crippen molar-refractivity contribution in [1.29, 1.82) is 0 Å². The van der Waals surface area contributed by atoms with Gasteiger partial charge in [0.1, 0.15) is 18.1 Å². The number of methoxy groups -OCH3 is 1. The van der Waals surface area contributed by atoms with Crippen molar-refractivity contribution in [3.63, 3.8) is 0 Å². The molecule has 1 aromatic carbocycles. The molecule has 0 bridgehead atoms. The van der Waals surface area contributed by atoms with Crippen LogP contribution in [0.5, 0.6) is 11.5 Å². The number of benzene rings is 1. The van der Waals surface area contributed by atoms with E-state index in [4.69, 9.17) is 21.1 Å². The summed E-state index contributed by atoms with van der Waals surface area (Å²) in [6.07, 6.45) is 1.74. The highest BCUT2D eigenvalue weighted by Gasteiger charge is 2.04. The van der Waals surface area contributed by atoms with E-state index in [2.05, 4.69) is 5.32 Å². The molecule has 0 spiro atoms. The molecule has 0 heterocycles. The quantitative estimate of drug-likeness (QED) is 0.830. The topological polar surface area (TPSA) is 30.5 Å². The lowest BCUT2D eigenvalue weighted by Crippen LogP contribution is -2.07. The molecule has 16 heavy (non-hydrogen) atoms. The van der Waals surface area contributed by atoms with Crippen LogP contribution in [-0.4, -0.2) is 20.8 Å². The van der Waals surface area contributed by atoms with Crippen LogP contribution in [0.4, 0.5) is 0 Å². The van der Waals surface area contributed by atoms with E-state index in [1.165, 1.54) is 5.54 Å². The molecule has 0 aliphatic rings. The Morgan fingerprint density at radius 3 is 2.88 bits per heavy atom. The molecule has 1 rings (SSSR count). The van der Waals surface area contributed by atoms with Crippen molar-refractivity contribution in [2.75, 3.05) is 20.8 Å². The smallest absolute Gasteiger partial charge is 0.124 e. The average Bonchev–Trinajstić information content (AvgIpc) is 2.31. The van der Waals surface area contributed by atoms with Crippen molar-refractivity contribution in [2.45, 2.75) is 6.54 Å². The van der Waals surface area contributed by atoms with Crippen LogP contribution in [-0.2, 0) is 6.54 Å². The van der Waals surface area contributed by atoms with Crippen LogP contribution in [0.15, 0.2) is 29.8 Å². The third kappa shape index (κ3) is 3.76. The molecule has 0 fully saturated rings. The standard InChI is InChI=1S/C12H16ClNO2/c1-14-9-10-8-11(15-2)4-5-12(10)16-7-3-6-13/h3-6,8,14H,7,9H2,1-2H3/b6-3+. The highest BCUT2D eigenvalue weighted by atomic mass is 35.5. The molecular weight excluding hydrogens is 226 g/mol. The van der Waals surface area contributed by atoms with Gasteiger partial charge >= 0.3 is 0 Å². The van der Waals surface area contributed by atoms with E-state index >= 15 is 0 Å². The Balaban J connectivity index is 2.80. The number of nitrogens with one attached hydrogen (secondary N) is 1. The van der Waals surface area contributed by atoms with Crippen molar-refractivity contribution in [1.82, 2.24) is 5.32 Å². The van der Waals surface area contributed by atoms with Gasteiger partial charge in [-0.2, -0.15) is 0 Å². The highest BCUT2D eigenvalue weighted by Crippen LogP contribution is 2.24. The molecule has 0 aliphatic carbocycles. The molecular formula is C12H16ClNO2. The summed E-state index contributed by atoms with van der Waals surface area (Å²) in [6, 6.07) is 5.72. The van der Waals surface area contributed by atoms with Crippen LogP contribution in [0.1, 0.15) is 5.56 Å².